The number of nitrogens with one attached hydrogen (secondary N) is 1. The molecule has 0 bridgehead atoms. The minimum absolute atomic E-state index is 0.214. The number of aromatic nitrogens is 1. The van der Waals surface area contributed by atoms with Crippen molar-refractivity contribution in [3.8, 4) is 0 Å². The molecule has 0 amide bonds. The van der Waals surface area contributed by atoms with E-state index in [9.17, 15) is 4.39 Å². The fourth-order valence-electron chi connectivity index (χ4n) is 2.24. The third-order valence-electron chi connectivity index (χ3n) is 3.22. The Labute approximate surface area is 137 Å². The van der Waals surface area contributed by atoms with Gasteiger partial charge in [0.15, 0.2) is 0 Å². The van der Waals surface area contributed by atoms with E-state index in [0.29, 0.717) is 5.02 Å². The Balaban J connectivity index is 2.09. The van der Waals surface area contributed by atoms with Crippen LogP contribution in [0.5, 0.6) is 0 Å². The van der Waals surface area contributed by atoms with Gasteiger partial charge in [0.05, 0.1) is 0 Å². The molecule has 1 unspecified atom stereocenters. The van der Waals surface area contributed by atoms with Gasteiger partial charge in [-0.3, -0.25) is 4.98 Å². The lowest BCUT2D eigenvalue weighted by molar-refractivity contribution is 0.516. The highest BCUT2D eigenvalue weighted by molar-refractivity contribution is 9.10. The van der Waals surface area contributed by atoms with E-state index >= 15 is 0 Å². The van der Waals surface area contributed by atoms with Gasteiger partial charge in [0.1, 0.15) is 5.82 Å². The van der Waals surface area contributed by atoms with Crippen molar-refractivity contribution in [2.75, 3.05) is 6.54 Å². The number of nitrogens with zero attached hydrogens (tertiary/aromatic N) is 1. The Morgan fingerprint density at radius 3 is 2.71 bits per heavy atom. The van der Waals surface area contributed by atoms with Crippen LogP contribution in [0.2, 0.25) is 5.02 Å². The summed E-state index contributed by atoms with van der Waals surface area (Å²) in [4.78, 5) is 4.40. The zero-order valence-corrected chi connectivity index (χ0v) is 14.1. The Kier molecular flexibility index (Phi) is 6.15. The molecule has 0 aliphatic heterocycles. The molecule has 2 nitrogen and oxygen atoms in total. The first kappa shape index (κ1) is 16.4. The molecule has 1 N–H and O–H groups in total. The standard InChI is InChI=1S/C16H17BrClFN2/c1-2-20-15(9-14-6-4-12(17)10-21-14)7-11-3-5-13(19)8-16(11)18/h3-6,8,10,15,20H,2,7,9H2,1H3. The third kappa shape index (κ3) is 5.06. The van der Waals surface area contributed by atoms with Crippen LogP contribution in [0.4, 0.5) is 4.39 Å². The summed E-state index contributed by atoms with van der Waals surface area (Å²) in [5.74, 6) is -0.307. The summed E-state index contributed by atoms with van der Waals surface area (Å²) in [5, 5.41) is 3.91. The lowest BCUT2D eigenvalue weighted by atomic mass is 10.0. The van der Waals surface area contributed by atoms with Gasteiger partial charge in [-0.15, -0.1) is 0 Å². The summed E-state index contributed by atoms with van der Waals surface area (Å²) in [6, 6.07) is 8.75. The fraction of sp³-hybridized carbons (Fsp3) is 0.312. The molecule has 2 aromatic rings. The molecule has 112 valence electrons. The van der Waals surface area contributed by atoms with E-state index in [1.54, 1.807) is 12.3 Å². The second-order valence-electron chi connectivity index (χ2n) is 4.87. The molecule has 1 atom stereocenters. The van der Waals surface area contributed by atoms with Gasteiger partial charge in [0, 0.05) is 33.8 Å². The highest BCUT2D eigenvalue weighted by Crippen LogP contribution is 2.20. The van der Waals surface area contributed by atoms with E-state index in [-0.39, 0.29) is 11.9 Å². The minimum Gasteiger partial charge on any atom is -0.314 e. The topological polar surface area (TPSA) is 24.9 Å². The predicted molar refractivity (Wildman–Crippen MR) is 88.2 cm³/mol. The van der Waals surface area contributed by atoms with Gasteiger partial charge in [-0.1, -0.05) is 24.6 Å². The van der Waals surface area contributed by atoms with E-state index in [1.165, 1.54) is 12.1 Å². The van der Waals surface area contributed by atoms with Crippen LogP contribution in [0.25, 0.3) is 0 Å². The highest BCUT2D eigenvalue weighted by Gasteiger charge is 2.13. The van der Waals surface area contributed by atoms with Crippen molar-refractivity contribution < 1.29 is 4.39 Å². The van der Waals surface area contributed by atoms with Crippen LogP contribution in [0.15, 0.2) is 41.0 Å². The van der Waals surface area contributed by atoms with Crippen LogP contribution in [-0.2, 0) is 12.8 Å². The maximum Gasteiger partial charge on any atom is 0.124 e. The molecule has 5 heteroatoms. The third-order valence-corrected chi connectivity index (χ3v) is 4.04. The minimum atomic E-state index is -0.307. The number of pyridine rings is 1. The van der Waals surface area contributed by atoms with Gasteiger partial charge in [0.2, 0.25) is 0 Å². The number of halogens is 3. The first-order valence-corrected chi connectivity index (χ1v) is 8.03. The van der Waals surface area contributed by atoms with Crippen molar-refractivity contribution in [3.63, 3.8) is 0 Å². The van der Waals surface area contributed by atoms with Crippen molar-refractivity contribution in [1.82, 2.24) is 10.3 Å². The number of benzene rings is 1. The smallest absolute Gasteiger partial charge is 0.124 e. The average molecular weight is 372 g/mol. The van der Waals surface area contributed by atoms with Crippen molar-refractivity contribution in [2.45, 2.75) is 25.8 Å². The van der Waals surface area contributed by atoms with E-state index in [4.69, 9.17) is 11.6 Å². The van der Waals surface area contributed by atoms with Crippen LogP contribution >= 0.6 is 27.5 Å². The Hall–Kier alpha value is -0.970. The molecule has 1 heterocycles. The van der Waals surface area contributed by atoms with Crippen molar-refractivity contribution in [3.05, 3.63) is 63.1 Å². The van der Waals surface area contributed by atoms with E-state index in [1.807, 2.05) is 12.1 Å². The van der Waals surface area contributed by atoms with Crippen LogP contribution in [0.1, 0.15) is 18.2 Å². The Bertz CT molecular complexity index is 589. The van der Waals surface area contributed by atoms with Crippen LogP contribution in [0, 0.1) is 5.82 Å². The van der Waals surface area contributed by atoms with Crippen molar-refractivity contribution >= 4 is 27.5 Å². The van der Waals surface area contributed by atoms with Crippen LogP contribution in [-0.4, -0.2) is 17.6 Å². The van der Waals surface area contributed by atoms with E-state index in [0.717, 1.165) is 35.1 Å². The van der Waals surface area contributed by atoms with Gasteiger partial charge in [0.25, 0.3) is 0 Å². The number of likely N-dealkylation sites (N-methyl/N-ethyl adjacent to an activating group) is 1. The Morgan fingerprint density at radius 1 is 1.29 bits per heavy atom. The van der Waals surface area contributed by atoms with Crippen molar-refractivity contribution in [2.24, 2.45) is 0 Å². The fourth-order valence-corrected chi connectivity index (χ4v) is 2.72. The second kappa shape index (κ2) is 7.87. The van der Waals surface area contributed by atoms with Crippen molar-refractivity contribution in [1.29, 1.82) is 0 Å². The zero-order chi connectivity index (χ0) is 15.2. The van der Waals surface area contributed by atoms with E-state index in [2.05, 4.69) is 33.2 Å². The van der Waals surface area contributed by atoms with Gasteiger partial charge >= 0.3 is 0 Å². The summed E-state index contributed by atoms with van der Waals surface area (Å²) in [6.45, 7) is 2.92. The summed E-state index contributed by atoms with van der Waals surface area (Å²) in [6.07, 6.45) is 3.34. The number of hydrogen-bond donors (Lipinski definition) is 1. The monoisotopic (exact) mass is 370 g/mol. The molecular formula is C16H17BrClFN2. The summed E-state index contributed by atoms with van der Waals surface area (Å²) < 4.78 is 14.1. The number of rotatable bonds is 6. The first-order chi connectivity index (χ1) is 10.1. The predicted octanol–water partition coefficient (Wildman–Crippen LogP) is 4.40. The second-order valence-corrected chi connectivity index (χ2v) is 6.19. The zero-order valence-electron chi connectivity index (χ0n) is 11.7. The summed E-state index contributed by atoms with van der Waals surface area (Å²) in [7, 11) is 0. The molecule has 0 spiro atoms. The lowest BCUT2D eigenvalue weighted by Crippen LogP contribution is -2.33. The quantitative estimate of drug-likeness (QED) is 0.814. The highest BCUT2D eigenvalue weighted by atomic mass is 79.9. The largest absolute Gasteiger partial charge is 0.314 e. The molecule has 1 aromatic heterocycles. The lowest BCUT2D eigenvalue weighted by Gasteiger charge is -2.18. The molecular weight excluding hydrogens is 355 g/mol. The molecule has 0 saturated carbocycles. The molecule has 0 aliphatic rings. The molecule has 21 heavy (non-hydrogen) atoms. The molecule has 0 aliphatic carbocycles. The summed E-state index contributed by atoms with van der Waals surface area (Å²) >= 11 is 9.49. The van der Waals surface area contributed by atoms with Gasteiger partial charge in [-0.2, -0.15) is 0 Å². The maximum absolute atomic E-state index is 13.1. The average Bonchev–Trinajstić information content (AvgIpc) is 2.44. The Morgan fingerprint density at radius 2 is 2.10 bits per heavy atom. The van der Waals surface area contributed by atoms with Crippen LogP contribution in [0.3, 0.4) is 0 Å². The molecule has 2 rings (SSSR count). The molecule has 1 aromatic carbocycles. The molecule has 0 saturated heterocycles. The van der Waals surface area contributed by atoms with Gasteiger partial charge in [-0.05, 0) is 58.7 Å². The van der Waals surface area contributed by atoms with Gasteiger partial charge in [-0.25, -0.2) is 4.39 Å². The normalized spacial score (nSPS) is 12.4. The number of hydrogen-bond acceptors (Lipinski definition) is 2. The first-order valence-electron chi connectivity index (χ1n) is 6.86. The van der Waals surface area contributed by atoms with Gasteiger partial charge < -0.3 is 5.32 Å². The maximum atomic E-state index is 13.1. The van der Waals surface area contributed by atoms with E-state index < -0.39 is 0 Å². The molecule has 0 radical (unpaired) electrons. The SMILES string of the molecule is CCNC(Cc1ccc(Br)cn1)Cc1ccc(F)cc1Cl. The van der Waals surface area contributed by atoms with Crippen LogP contribution < -0.4 is 5.32 Å². The molecule has 0 fully saturated rings. The summed E-state index contributed by atoms with van der Waals surface area (Å²) in [5.41, 5.74) is 1.96.